The van der Waals surface area contributed by atoms with E-state index in [4.69, 9.17) is 4.74 Å². The van der Waals surface area contributed by atoms with Crippen LogP contribution in [0, 0.1) is 5.92 Å². The third kappa shape index (κ3) is 6.83. The molecule has 0 aromatic carbocycles. The van der Waals surface area contributed by atoms with E-state index in [-0.39, 0.29) is 0 Å². The van der Waals surface area contributed by atoms with Crippen LogP contribution in [-0.2, 0) is 14.8 Å². The van der Waals surface area contributed by atoms with Crippen molar-refractivity contribution in [2.75, 3.05) is 39.1 Å². The van der Waals surface area contributed by atoms with Gasteiger partial charge in [-0.15, -0.1) is 0 Å². The Kier molecular flexibility index (Phi) is 5.52. The van der Waals surface area contributed by atoms with Crippen LogP contribution in [0.4, 0.5) is 0 Å². The van der Waals surface area contributed by atoms with E-state index in [1.165, 1.54) is 6.26 Å². The van der Waals surface area contributed by atoms with Gasteiger partial charge in [-0.25, -0.2) is 13.1 Å². The highest BCUT2D eigenvalue weighted by Gasteiger charge is 2.14. The van der Waals surface area contributed by atoms with Crippen molar-refractivity contribution in [3.8, 4) is 0 Å². The van der Waals surface area contributed by atoms with Crippen LogP contribution in [0.1, 0.15) is 12.8 Å². The standard InChI is InChI=1S/C9H20N2O3S/c1-15(12,13)11-5-2-4-10-7-9-3-6-14-8-9/h9-11H,2-8H2,1H3. The third-order valence-electron chi connectivity index (χ3n) is 2.35. The lowest BCUT2D eigenvalue weighted by Crippen LogP contribution is -2.28. The van der Waals surface area contributed by atoms with Crippen molar-refractivity contribution in [3.05, 3.63) is 0 Å². The van der Waals surface area contributed by atoms with E-state index >= 15 is 0 Å². The first-order chi connectivity index (χ1) is 7.08. The minimum absolute atomic E-state index is 0.507. The van der Waals surface area contributed by atoms with E-state index in [0.29, 0.717) is 12.5 Å². The molecule has 5 nitrogen and oxygen atoms in total. The Hall–Kier alpha value is -0.170. The predicted octanol–water partition coefficient (Wildman–Crippen LogP) is -0.448. The predicted molar refractivity (Wildman–Crippen MR) is 59.3 cm³/mol. The maximum Gasteiger partial charge on any atom is 0.208 e. The van der Waals surface area contributed by atoms with Crippen LogP contribution in [0.15, 0.2) is 0 Å². The molecule has 1 rings (SSSR count). The highest BCUT2D eigenvalue weighted by molar-refractivity contribution is 7.88. The lowest BCUT2D eigenvalue weighted by atomic mass is 10.1. The fraction of sp³-hybridized carbons (Fsp3) is 1.00. The number of hydrogen-bond donors (Lipinski definition) is 2. The van der Waals surface area contributed by atoms with Crippen molar-refractivity contribution in [2.45, 2.75) is 12.8 Å². The van der Waals surface area contributed by atoms with Gasteiger partial charge in [-0.3, -0.25) is 0 Å². The zero-order valence-corrected chi connectivity index (χ0v) is 9.98. The summed E-state index contributed by atoms with van der Waals surface area (Å²) in [5.41, 5.74) is 0. The second-order valence-electron chi connectivity index (χ2n) is 3.95. The highest BCUT2D eigenvalue weighted by atomic mass is 32.2. The quantitative estimate of drug-likeness (QED) is 0.588. The molecule has 0 saturated carbocycles. The largest absolute Gasteiger partial charge is 0.381 e. The maximum atomic E-state index is 10.7. The Balaban J connectivity index is 1.89. The van der Waals surface area contributed by atoms with E-state index in [0.717, 1.165) is 39.1 Å². The van der Waals surface area contributed by atoms with Crippen molar-refractivity contribution >= 4 is 10.0 Å². The number of ether oxygens (including phenoxy) is 1. The van der Waals surface area contributed by atoms with E-state index < -0.39 is 10.0 Å². The molecule has 1 unspecified atom stereocenters. The lowest BCUT2D eigenvalue weighted by Gasteiger charge is -2.09. The van der Waals surface area contributed by atoms with Gasteiger partial charge in [0.1, 0.15) is 0 Å². The summed E-state index contributed by atoms with van der Waals surface area (Å²) in [6.45, 7) is 4.06. The first-order valence-electron chi connectivity index (χ1n) is 5.31. The van der Waals surface area contributed by atoms with Crippen molar-refractivity contribution < 1.29 is 13.2 Å². The Bertz CT molecular complexity index is 261. The molecule has 1 fully saturated rings. The summed E-state index contributed by atoms with van der Waals surface area (Å²) < 4.78 is 29.2. The van der Waals surface area contributed by atoms with E-state index in [2.05, 4.69) is 10.0 Å². The van der Waals surface area contributed by atoms with E-state index in [1.54, 1.807) is 0 Å². The summed E-state index contributed by atoms with van der Waals surface area (Å²) in [6.07, 6.45) is 3.13. The van der Waals surface area contributed by atoms with Gasteiger partial charge in [-0.1, -0.05) is 0 Å². The molecule has 1 saturated heterocycles. The smallest absolute Gasteiger partial charge is 0.208 e. The molecule has 1 atom stereocenters. The first-order valence-corrected chi connectivity index (χ1v) is 7.20. The molecule has 15 heavy (non-hydrogen) atoms. The second kappa shape index (κ2) is 6.42. The number of nitrogens with one attached hydrogen (secondary N) is 2. The first kappa shape index (κ1) is 12.9. The molecule has 0 spiro atoms. The molecule has 90 valence electrons. The topological polar surface area (TPSA) is 67.4 Å². The minimum atomic E-state index is -3.02. The summed E-state index contributed by atoms with van der Waals surface area (Å²) >= 11 is 0. The van der Waals surface area contributed by atoms with Gasteiger partial charge in [0.15, 0.2) is 0 Å². The molecular weight excluding hydrogens is 216 g/mol. The van der Waals surface area contributed by atoms with Crippen molar-refractivity contribution in [3.63, 3.8) is 0 Å². The molecular formula is C9H20N2O3S. The van der Waals surface area contributed by atoms with E-state index in [9.17, 15) is 8.42 Å². The van der Waals surface area contributed by atoms with Crippen LogP contribution in [0.5, 0.6) is 0 Å². The zero-order valence-electron chi connectivity index (χ0n) is 9.16. The molecule has 0 radical (unpaired) electrons. The summed E-state index contributed by atoms with van der Waals surface area (Å²) in [4.78, 5) is 0. The molecule has 0 aromatic rings. The van der Waals surface area contributed by atoms with Crippen LogP contribution >= 0.6 is 0 Å². The van der Waals surface area contributed by atoms with Gasteiger partial charge in [0.25, 0.3) is 0 Å². The van der Waals surface area contributed by atoms with Crippen LogP contribution < -0.4 is 10.0 Å². The Labute approximate surface area is 91.6 Å². The minimum Gasteiger partial charge on any atom is -0.381 e. The summed E-state index contributed by atoms with van der Waals surface area (Å²) in [5, 5.41) is 3.30. The number of sulfonamides is 1. The Morgan fingerprint density at radius 2 is 2.20 bits per heavy atom. The molecule has 1 aliphatic heterocycles. The fourth-order valence-electron chi connectivity index (χ4n) is 1.52. The number of hydrogen-bond acceptors (Lipinski definition) is 4. The van der Waals surface area contributed by atoms with Crippen LogP contribution in [0.25, 0.3) is 0 Å². The molecule has 1 heterocycles. The third-order valence-corrected chi connectivity index (χ3v) is 3.08. The van der Waals surface area contributed by atoms with Crippen molar-refractivity contribution in [1.82, 2.24) is 10.0 Å². The molecule has 1 aliphatic rings. The van der Waals surface area contributed by atoms with Gasteiger partial charge in [0, 0.05) is 19.7 Å². The van der Waals surface area contributed by atoms with Crippen LogP contribution in [0.3, 0.4) is 0 Å². The summed E-state index contributed by atoms with van der Waals surface area (Å²) in [7, 11) is -3.02. The number of rotatable bonds is 7. The molecule has 6 heteroatoms. The maximum absolute atomic E-state index is 10.7. The second-order valence-corrected chi connectivity index (χ2v) is 5.79. The van der Waals surface area contributed by atoms with Gasteiger partial charge >= 0.3 is 0 Å². The molecule has 0 aromatic heterocycles. The lowest BCUT2D eigenvalue weighted by molar-refractivity contribution is 0.185. The normalized spacial score (nSPS) is 22.1. The molecule has 0 amide bonds. The molecule has 0 aliphatic carbocycles. The molecule has 0 bridgehead atoms. The average Bonchev–Trinajstić information content (AvgIpc) is 2.61. The highest BCUT2D eigenvalue weighted by Crippen LogP contribution is 2.10. The van der Waals surface area contributed by atoms with E-state index in [1.807, 2.05) is 0 Å². The Morgan fingerprint density at radius 1 is 1.40 bits per heavy atom. The molecule has 2 N–H and O–H groups in total. The Morgan fingerprint density at radius 3 is 2.80 bits per heavy atom. The zero-order chi connectivity index (χ0) is 11.1. The fourth-order valence-corrected chi connectivity index (χ4v) is 2.04. The summed E-state index contributed by atoms with van der Waals surface area (Å²) in [5.74, 6) is 0.632. The van der Waals surface area contributed by atoms with Crippen molar-refractivity contribution in [2.24, 2.45) is 5.92 Å². The SMILES string of the molecule is CS(=O)(=O)NCCCNCC1CCOC1. The monoisotopic (exact) mass is 236 g/mol. The van der Waals surface area contributed by atoms with Gasteiger partial charge in [-0.2, -0.15) is 0 Å². The average molecular weight is 236 g/mol. The van der Waals surface area contributed by atoms with Crippen LogP contribution in [0.2, 0.25) is 0 Å². The van der Waals surface area contributed by atoms with Gasteiger partial charge in [0.2, 0.25) is 10.0 Å². The van der Waals surface area contributed by atoms with Crippen LogP contribution in [-0.4, -0.2) is 47.5 Å². The van der Waals surface area contributed by atoms with Crippen molar-refractivity contribution in [1.29, 1.82) is 0 Å². The van der Waals surface area contributed by atoms with Gasteiger partial charge < -0.3 is 10.1 Å². The summed E-state index contributed by atoms with van der Waals surface area (Å²) in [6, 6.07) is 0. The van der Waals surface area contributed by atoms with Gasteiger partial charge in [0.05, 0.1) is 12.9 Å². The van der Waals surface area contributed by atoms with Gasteiger partial charge in [-0.05, 0) is 25.3 Å².